The number of hydrogen-bond acceptors (Lipinski definition) is 7. The van der Waals surface area contributed by atoms with E-state index < -0.39 is 23.5 Å². The summed E-state index contributed by atoms with van der Waals surface area (Å²) in [6.45, 7) is 5.56. The number of carbonyl (C=O) groups excluding carboxylic acids is 2. The van der Waals surface area contributed by atoms with Crippen molar-refractivity contribution in [2.45, 2.75) is 33.2 Å². The van der Waals surface area contributed by atoms with Crippen LogP contribution in [-0.2, 0) is 11.2 Å². The Bertz CT molecular complexity index is 1410. The molecule has 0 unspecified atom stereocenters. The Hall–Kier alpha value is -3.65. The summed E-state index contributed by atoms with van der Waals surface area (Å²) in [5.41, 5.74) is 1.81. The molecule has 0 saturated carbocycles. The molecule has 1 amide bonds. The minimum Gasteiger partial charge on any atom is -0.503 e. The maximum Gasteiger partial charge on any atom is 0.296 e. The Kier molecular flexibility index (Phi) is 4.74. The molecule has 8 heteroatoms. The van der Waals surface area contributed by atoms with Gasteiger partial charge in [0.2, 0.25) is 5.78 Å². The monoisotopic (exact) mass is 448 g/mol. The number of nitrogens with zero attached hydrogens (tertiary/aromatic N) is 2. The number of furan rings is 2. The Labute approximate surface area is 187 Å². The van der Waals surface area contributed by atoms with Gasteiger partial charge in [0, 0.05) is 0 Å². The number of aliphatic hydroxyl groups is 1. The molecule has 0 radical (unpaired) electrons. The third-order valence-corrected chi connectivity index (χ3v) is 6.52. The molecule has 1 aliphatic heterocycles. The number of aromatic nitrogens is 1. The van der Waals surface area contributed by atoms with Gasteiger partial charge in [-0.05, 0) is 62.2 Å². The minimum atomic E-state index is -0.958. The summed E-state index contributed by atoms with van der Waals surface area (Å²) in [6, 6.07) is 11.6. The van der Waals surface area contributed by atoms with Gasteiger partial charge >= 0.3 is 0 Å². The number of hydrogen-bond donors (Lipinski definition) is 1. The van der Waals surface area contributed by atoms with E-state index in [1.165, 1.54) is 22.3 Å². The van der Waals surface area contributed by atoms with Crippen molar-refractivity contribution in [1.29, 1.82) is 0 Å². The Morgan fingerprint density at radius 1 is 1.12 bits per heavy atom. The molecule has 5 rings (SSSR count). The summed E-state index contributed by atoms with van der Waals surface area (Å²) >= 11 is 1.33. The van der Waals surface area contributed by atoms with Crippen LogP contribution in [-0.4, -0.2) is 21.8 Å². The minimum absolute atomic E-state index is 0.0452. The predicted molar refractivity (Wildman–Crippen MR) is 120 cm³/mol. The molecule has 1 aromatic carbocycles. The highest BCUT2D eigenvalue weighted by Crippen LogP contribution is 2.44. The predicted octanol–water partition coefficient (Wildman–Crippen LogP) is 5.44. The molecule has 3 aromatic heterocycles. The number of ketones is 1. The lowest BCUT2D eigenvalue weighted by atomic mass is 10.00. The topological polar surface area (TPSA) is 96.8 Å². The van der Waals surface area contributed by atoms with Gasteiger partial charge in [-0.2, -0.15) is 0 Å². The van der Waals surface area contributed by atoms with Crippen molar-refractivity contribution in [1.82, 2.24) is 4.98 Å². The molecular formula is C24H20N2O5S. The van der Waals surface area contributed by atoms with Gasteiger partial charge in [-0.1, -0.05) is 24.3 Å². The summed E-state index contributed by atoms with van der Waals surface area (Å²) in [4.78, 5) is 32.4. The van der Waals surface area contributed by atoms with Gasteiger partial charge in [0.05, 0.1) is 15.8 Å². The quantitative estimate of drug-likeness (QED) is 0.408. The van der Waals surface area contributed by atoms with Crippen molar-refractivity contribution in [3.63, 3.8) is 0 Å². The lowest BCUT2D eigenvalue weighted by molar-refractivity contribution is -0.117. The molecule has 162 valence electrons. The van der Waals surface area contributed by atoms with Gasteiger partial charge in [0.15, 0.2) is 16.7 Å². The first-order valence-corrected chi connectivity index (χ1v) is 11.0. The average molecular weight is 449 g/mol. The zero-order valence-electron chi connectivity index (χ0n) is 17.7. The van der Waals surface area contributed by atoms with Gasteiger partial charge in [-0.25, -0.2) is 4.98 Å². The van der Waals surface area contributed by atoms with Crippen molar-refractivity contribution in [2.24, 2.45) is 0 Å². The first kappa shape index (κ1) is 20.3. The first-order valence-electron chi connectivity index (χ1n) is 10.2. The maximum absolute atomic E-state index is 13.3. The van der Waals surface area contributed by atoms with E-state index >= 15 is 0 Å². The highest BCUT2D eigenvalue weighted by atomic mass is 32.1. The van der Waals surface area contributed by atoms with Gasteiger partial charge in [-0.3, -0.25) is 14.5 Å². The van der Waals surface area contributed by atoms with Crippen molar-refractivity contribution >= 4 is 38.4 Å². The van der Waals surface area contributed by atoms with Crippen LogP contribution in [0.25, 0.3) is 10.2 Å². The van der Waals surface area contributed by atoms with Crippen LogP contribution >= 0.6 is 11.3 Å². The average Bonchev–Trinajstić information content (AvgIpc) is 3.54. The van der Waals surface area contributed by atoms with Crippen LogP contribution < -0.4 is 4.90 Å². The second-order valence-electron chi connectivity index (χ2n) is 7.68. The Morgan fingerprint density at radius 3 is 2.53 bits per heavy atom. The van der Waals surface area contributed by atoms with Crippen LogP contribution in [0.5, 0.6) is 0 Å². The molecule has 0 spiro atoms. The summed E-state index contributed by atoms with van der Waals surface area (Å²) in [7, 11) is 0. The highest BCUT2D eigenvalue weighted by molar-refractivity contribution is 7.22. The standard InChI is InChI=1S/C24H20N2O5S/c1-4-14-7-8-15-18(11-14)32-24(25-15)26-20(16-9-5-12(2)30-16)19(22(28)23(26)29)21(27)17-10-6-13(3)31-17/h5-11,20,28H,4H2,1-3H3/t20-/m1/s1. The Balaban J connectivity index is 1.66. The molecule has 7 nitrogen and oxygen atoms in total. The van der Waals surface area contributed by atoms with Crippen molar-refractivity contribution in [2.75, 3.05) is 4.90 Å². The number of benzene rings is 1. The molecule has 1 atom stereocenters. The van der Waals surface area contributed by atoms with Gasteiger partial charge in [0.1, 0.15) is 23.3 Å². The van der Waals surface area contributed by atoms with Crippen LogP contribution in [0, 0.1) is 13.8 Å². The zero-order chi connectivity index (χ0) is 22.6. The number of carbonyl (C=O) groups is 2. The largest absolute Gasteiger partial charge is 0.503 e. The number of thiazole rings is 1. The lowest BCUT2D eigenvalue weighted by Crippen LogP contribution is -2.30. The van der Waals surface area contributed by atoms with Gasteiger partial charge < -0.3 is 13.9 Å². The molecule has 4 heterocycles. The van der Waals surface area contributed by atoms with E-state index in [1.807, 2.05) is 18.2 Å². The van der Waals surface area contributed by atoms with E-state index in [-0.39, 0.29) is 11.3 Å². The second kappa shape index (κ2) is 7.49. The molecule has 0 fully saturated rings. The van der Waals surface area contributed by atoms with Crippen LogP contribution in [0.15, 0.2) is 62.6 Å². The highest BCUT2D eigenvalue weighted by Gasteiger charge is 2.48. The smallest absolute Gasteiger partial charge is 0.296 e. The lowest BCUT2D eigenvalue weighted by Gasteiger charge is -2.21. The molecule has 1 N–H and O–H groups in total. The number of Topliss-reactive ketones (excluding diaryl/α,β-unsaturated/α-hetero) is 1. The number of amides is 1. The summed E-state index contributed by atoms with van der Waals surface area (Å²) in [5, 5.41) is 11.2. The number of fused-ring (bicyclic) bond motifs is 1. The van der Waals surface area contributed by atoms with E-state index in [1.54, 1.807) is 32.0 Å². The van der Waals surface area contributed by atoms with Gasteiger partial charge in [-0.15, -0.1) is 0 Å². The van der Waals surface area contributed by atoms with Crippen LogP contribution in [0.2, 0.25) is 0 Å². The molecule has 0 saturated heterocycles. The van der Waals surface area contributed by atoms with Crippen molar-refractivity contribution in [3.8, 4) is 0 Å². The number of aliphatic hydroxyl groups excluding tert-OH is 1. The fourth-order valence-corrected chi connectivity index (χ4v) is 4.93. The summed E-state index contributed by atoms with van der Waals surface area (Å²) < 4.78 is 12.2. The zero-order valence-corrected chi connectivity index (χ0v) is 18.5. The number of anilines is 1. The van der Waals surface area contributed by atoms with Crippen molar-refractivity contribution in [3.05, 3.63) is 82.4 Å². The summed E-state index contributed by atoms with van der Waals surface area (Å²) in [5.74, 6) is -0.319. The molecule has 32 heavy (non-hydrogen) atoms. The van der Waals surface area contributed by atoms with Crippen LogP contribution in [0.3, 0.4) is 0 Å². The maximum atomic E-state index is 13.3. The van der Waals surface area contributed by atoms with Crippen LogP contribution in [0.1, 0.15) is 46.4 Å². The molecule has 0 bridgehead atoms. The molecular weight excluding hydrogens is 428 g/mol. The fraction of sp³-hybridized carbons (Fsp3) is 0.208. The normalized spacial score (nSPS) is 16.5. The fourth-order valence-electron chi connectivity index (χ4n) is 3.87. The third-order valence-electron chi connectivity index (χ3n) is 5.50. The number of rotatable bonds is 5. The van der Waals surface area contributed by atoms with E-state index in [0.717, 1.165) is 22.2 Å². The molecule has 4 aromatic rings. The SMILES string of the molecule is CCc1ccc2nc(N3C(=O)C(O)=C(C(=O)c4ccc(C)o4)[C@H]3c3ccc(C)o3)sc2c1. The van der Waals surface area contributed by atoms with E-state index in [0.29, 0.717) is 22.4 Å². The molecule has 0 aliphatic carbocycles. The molecule has 1 aliphatic rings. The van der Waals surface area contributed by atoms with Gasteiger partial charge in [0.25, 0.3) is 5.91 Å². The summed E-state index contributed by atoms with van der Waals surface area (Å²) in [6.07, 6.45) is 0.879. The van der Waals surface area contributed by atoms with E-state index in [4.69, 9.17) is 8.83 Å². The third kappa shape index (κ3) is 3.15. The first-order chi connectivity index (χ1) is 15.4. The van der Waals surface area contributed by atoms with E-state index in [9.17, 15) is 14.7 Å². The second-order valence-corrected chi connectivity index (χ2v) is 8.69. The van der Waals surface area contributed by atoms with Crippen LogP contribution in [0.4, 0.5) is 5.13 Å². The number of aryl methyl sites for hydroxylation is 3. The van der Waals surface area contributed by atoms with E-state index in [2.05, 4.69) is 11.9 Å². The van der Waals surface area contributed by atoms with Crippen molar-refractivity contribution < 1.29 is 23.5 Å². The Morgan fingerprint density at radius 2 is 1.88 bits per heavy atom.